The fourth-order valence-electron chi connectivity index (χ4n) is 8.04. The molecule has 8 aromatic rings. The van der Waals surface area contributed by atoms with Crippen LogP contribution in [0.3, 0.4) is 0 Å². The van der Waals surface area contributed by atoms with Gasteiger partial charge in [-0.25, -0.2) is 4.98 Å². The van der Waals surface area contributed by atoms with Crippen molar-refractivity contribution in [2.24, 2.45) is 0 Å². The van der Waals surface area contributed by atoms with Crippen LogP contribution in [0.25, 0.3) is 61.3 Å². The molecule has 6 aromatic carbocycles. The van der Waals surface area contributed by atoms with E-state index < -0.39 is 0 Å². The Bertz CT molecular complexity index is 2750. The number of aryl methyl sites for hydroxylation is 1. The average molecular weight is 928 g/mol. The fourth-order valence-corrected chi connectivity index (χ4v) is 8.04. The van der Waals surface area contributed by atoms with Crippen molar-refractivity contribution >= 4 is 21.9 Å². The topological polar surface area (TPSA) is 50.9 Å². The second kappa shape index (κ2) is 14.9. The van der Waals surface area contributed by atoms with Crippen LogP contribution in [0.5, 0.6) is 5.75 Å². The molecule has 0 radical (unpaired) electrons. The van der Waals surface area contributed by atoms with E-state index in [9.17, 15) is 5.11 Å². The Morgan fingerprint density at radius 1 is 0.579 bits per heavy atom. The van der Waals surface area contributed by atoms with E-state index in [1.54, 1.807) is 6.07 Å². The second-order valence-corrected chi connectivity index (χ2v) is 17.7. The molecule has 0 unspecified atom stereocenters. The number of rotatable bonds is 6. The Morgan fingerprint density at radius 2 is 1.25 bits per heavy atom. The van der Waals surface area contributed by atoms with Gasteiger partial charge >= 0.3 is 0 Å². The summed E-state index contributed by atoms with van der Waals surface area (Å²) < 4.78 is 2.21. The average Bonchev–Trinajstić information content (AvgIpc) is 3.56. The van der Waals surface area contributed by atoms with E-state index in [-0.39, 0.29) is 43.1 Å². The summed E-state index contributed by atoms with van der Waals surface area (Å²) in [6.07, 6.45) is 1.91. The third kappa shape index (κ3) is 7.26. The molecule has 1 N–H and O–H groups in total. The van der Waals surface area contributed by atoms with Gasteiger partial charge in [-0.3, -0.25) is 9.55 Å². The SMILES string of the molecule is Cc1ccnc2c(-c3[c-]c(-c4cc(C(C)(C)c5ccccc5)cc5c4nc(-c4ccccc4O)n5-c4ccc(C(C)(C)C)cc4)ccc3)ccc(C(C)(C)C)c12.[Pt]. The number of nitrogens with zero attached hydrogens (tertiary/aromatic N) is 3. The quantitative estimate of drug-likeness (QED) is 0.169. The predicted molar refractivity (Wildman–Crippen MR) is 234 cm³/mol. The molecule has 0 saturated heterocycles. The summed E-state index contributed by atoms with van der Waals surface area (Å²) in [6, 6.07) is 48.3. The molecule has 57 heavy (non-hydrogen) atoms. The Hall–Kier alpha value is -5.31. The van der Waals surface area contributed by atoms with Crippen molar-refractivity contribution < 1.29 is 26.2 Å². The number of phenolic OH excluding ortho intramolecular Hbond substituents is 1. The first-order valence-corrected chi connectivity index (χ1v) is 19.6. The van der Waals surface area contributed by atoms with Crippen molar-refractivity contribution in [2.45, 2.75) is 78.6 Å². The molecule has 0 spiro atoms. The molecule has 2 aromatic heterocycles. The van der Waals surface area contributed by atoms with Crippen LogP contribution in [0.1, 0.15) is 83.2 Å². The predicted octanol–water partition coefficient (Wildman–Crippen LogP) is 13.3. The first kappa shape index (κ1) is 39.9. The molecule has 0 amide bonds. The van der Waals surface area contributed by atoms with Crippen LogP contribution in [-0.2, 0) is 37.3 Å². The molecule has 8 rings (SSSR count). The van der Waals surface area contributed by atoms with E-state index >= 15 is 0 Å². The van der Waals surface area contributed by atoms with Gasteiger partial charge in [0, 0.05) is 43.9 Å². The molecule has 2 heterocycles. The van der Waals surface area contributed by atoms with Crippen LogP contribution < -0.4 is 0 Å². The number of para-hydroxylation sites is 1. The van der Waals surface area contributed by atoms with Gasteiger partial charge in [-0.15, -0.1) is 35.4 Å². The molecule has 290 valence electrons. The van der Waals surface area contributed by atoms with Gasteiger partial charge in [-0.1, -0.05) is 139 Å². The summed E-state index contributed by atoms with van der Waals surface area (Å²) in [4.78, 5) is 10.4. The minimum atomic E-state index is -0.345. The third-order valence-corrected chi connectivity index (χ3v) is 11.4. The van der Waals surface area contributed by atoms with Gasteiger partial charge in [0.1, 0.15) is 11.6 Å². The molecule has 0 saturated carbocycles. The number of fused-ring (bicyclic) bond motifs is 2. The minimum absolute atomic E-state index is 0. The molecular formula is C52H50N3OPt-. The third-order valence-electron chi connectivity index (χ3n) is 11.4. The number of pyridine rings is 1. The summed E-state index contributed by atoms with van der Waals surface area (Å²) in [5.74, 6) is 0.862. The summed E-state index contributed by atoms with van der Waals surface area (Å²) in [5.41, 5.74) is 14.1. The van der Waals surface area contributed by atoms with Gasteiger partial charge in [0.15, 0.2) is 0 Å². The van der Waals surface area contributed by atoms with Crippen LogP contribution in [-0.4, -0.2) is 19.6 Å². The van der Waals surface area contributed by atoms with E-state index in [1.165, 1.54) is 27.6 Å². The zero-order valence-corrected chi connectivity index (χ0v) is 36.6. The molecular weight excluding hydrogens is 878 g/mol. The van der Waals surface area contributed by atoms with Crippen molar-refractivity contribution in [3.05, 3.63) is 167 Å². The molecule has 0 atom stereocenters. The van der Waals surface area contributed by atoms with Crippen LogP contribution in [0.4, 0.5) is 0 Å². The van der Waals surface area contributed by atoms with E-state index in [0.29, 0.717) is 11.4 Å². The normalized spacial score (nSPS) is 12.2. The van der Waals surface area contributed by atoms with E-state index in [0.717, 1.165) is 50.1 Å². The van der Waals surface area contributed by atoms with E-state index in [4.69, 9.17) is 9.97 Å². The second-order valence-electron chi connectivity index (χ2n) is 17.7. The van der Waals surface area contributed by atoms with Gasteiger partial charge in [-0.2, -0.15) is 0 Å². The summed E-state index contributed by atoms with van der Waals surface area (Å²) in [6.45, 7) is 20.2. The summed E-state index contributed by atoms with van der Waals surface area (Å²) in [7, 11) is 0. The molecule has 0 bridgehead atoms. The summed E-state index contributed by atoms with van der Waals surface area (Å²) >= 11 is 0. The monoisotopic (exact) mass is 927 g/mol. The zero-order valence-electron chi connectivity index (χ0n) is 34.3. The van der Waals surface area contributed by atoms with E-state index in [2.05, 4.69) is 176 Å². The summed E-state index contributed by atoms with van der Waals surface area (Å²) in [5, 5.41) is 12.5. The zero-order chi connectivity index (χ0) is 39.6. The molecule has 0 aliphatic rings. The number of aromatic hydroxyl groups is 1. The van der Waals surface area contributed by atoms with Crippen LogP contribution >= 0.6 is 0 Å². The standard InChI is InChI=1S/C52H50N3O.Pt/c1-33-28-29-53-48-40(26-27-43(46(33)48)51(5,6)7)34-16-15-17-35(30-34)42-31-38(52(8,9)37-18-11-10-12-19-37)32-44-47(42)54-49(41-20-13-14-21-45(41)56)55(44)39-24-22-36(23-25-39)50(2,3)4;/h10-29,31-32,56H,1-9H3;/q-1;. The van der Waals surface area contributed by atoms with Gasteiger partial charge in [0.25, 0.3) is 0 Å². The van der Waals surface area contributed by atoms with Crippen molar-refractivity contribution in [2.75, 3.05) is 0 Å². The Kier molecular flexibility index (Phi) is 10.4. The number of phenols is 1. The van der Waals surface area contributed by atoms with Gasteiger partial charge in [-0.05, 0) is 87.4 Å². The molecule has 0 aliphatic heterocycles. The number of benzene rings is 6. The molecule has 5 heteroatoms. The van der Waals surface area contributed by atoms with E-state index in [1.807, 2.05) is 24.4 Å². The molecule has 0 aliphatic carbocycles. The molecule has 4 nitrogen and oxygen atoms in total. The number of hydrogen-bond donors (Lipinski definition) is 1. The fraction of sp³-hybridized carbons (Fsp3) is 0.231. The van der Waals surface area contributed by atoms with Crippen LogP contribution in [0.2, 0.25) is 0 Å². The van der Waals surface area contributed by atoms with Crippen molar-refractivity contribution in [1.29, 1.82) is 0 Å². The maximum atomic E-state index is 11.3. The maximum absolute atomic E-state index is 11.3. The van der Waals surface area contributed by atoms with Crippen molar-refractivity contribution in [1.82, 2.24) is 14.5 Å². The van der Waals surface area contributed by atoms with Gasteiger partial charge in [0.2, 0.25) is 0 Å². The van der Waals surface area contributed by atoms with Crippen molar-refractivity contribution in [3.63, 3.8) is 0 Å². The Morgan fingerprint density at radius 3 is 1.91 bits per heavy atom. The first-order chi connectivity index (χ1) is 26.6. The van der Waals surface area contributed by atoms with Gasteiger partial charge in [0.05, 0.1) is 16.6 Å². The van der Waals surface area contributed by atoms with Crippen LogP contribution in [0, 0.1) is 13.0 Å². The smallest absolute Gasteiger partial charge is 0.148 e. The Labute approximate surface area is 352 Å². The Balaban J connectivity index is 0.00000496. The van der Waals surface area contributed by atoms with Gasteiger partial charge < -0.3 is 5.11 Å². The largest absolute Gasteiger partial charge is 0.507 e. The number of hydrogen-bond acceptors (Lipinski definition) is 3. The minimum Gasteiger partial charge on any atom is -0.507 e. The van der Waals surface area contributed by atoms with Crippen LogP contribution in [0.15, 0.2) is 134 Å². The van der Waals surface area contributed by atoms with Crippen molar-refractivity contribution in [3.8, 4) is 45.1 Å². The number of imidazole rings is 1. The maximum Gasteiger partial charge on any atom is 0.148 e. The number of aromatic nitrogens is 3. The molecule has 0 fully saturated rings. The first-order valence-electron chi connectivity index (χ1n) is 19.6.